The highest BCUT2D eigenvalue weighted by atomic mass is 35.5. The summed E-state index contributed by atoms with van der Waals surface area (Å²) in [6.45, 7) is 5.00. The lowest BCUT2D eigenvalue weighted by Gasteiger charge is -2.26. The fourth-order valence-corrected chi connectivity index (χ4v) is 3.62. The standard InChI is InChI=1S/C22H24ClFN4O3.C2H6OS/c1-29-20-13-19-16(12-21(20)31-8-2-5-28-6-9-30-10-7-28)22(26-14-25-19)27-15-3-4-18(24)17(23)11-15;1-4(2)3/h3-4,11-14H,2,5-10H2,1H3,(H,25,26,27);1-2H3. The summed E-state index contributed by atoms with van der Waals surface area (Å²) in [5, 5.41) is 3.97. The van der Waals surface area contributed by atoms with Gasteiger partial charge in [0, 0.05) is 60.1 Å². The molecule has 8 nitrogen and oxygen atoms in total. The van der Waals surface area contributed by atoms with E-state index in [2.05, 4.69) is 20.2 Å². The number of rotatable bonds is 8. The number of aromatic nitrogens is 2. The van der Waals surface area contributed by atoms with Crippen LogP contribution in [0.1, 0.15) is 6.42 Å². The summed E-state index contributed by atoms with van der Waals surface area (Å²) in [7, 11) is 0.989. The van der Waals surface area contributed by atoms with E-state index in [1.54, 1.807) is 25.7 Å². The van der Waals surface area contributed by atoms with Crippen LogP contribution < -0.4 is 14.8 Å². The van der Waals surface area contributed by atoms with Gasteiger partial charge in [0.05, 0.1) is 37.5 Å². The summed E-state index contributed by atoms with van der Waals surface area (Å²) in [4.78, 5) is 11.0. The highest BCUT2D eigenvalue weighted by Gasteiger charge is 2.14. The summed E-state index contributed by atoms with van der Waals surface area (Å²) in [6.07, 6.45) is 5.63. The van der Waals surface area contributed by atoms with Crippen LogP contribution in [0.5, 0.6) is 11.5 Å². The number of ether oxygens (including phenoxy) is 3. The number of nitrogens with one attached hydrogen (secondary N) is 1. The largest absolute Gasteiger partial charge is 0.493 e. The molecule has 1 saturated heterocycles. The molecule has 4 rings (SSSR count). The average Bonchev–Trinajstić information content (AvgIpc) is 2.84. The molecule has 1 aliphatic heterocycles. The average molecular weight is 525 g/mol. The maximum Gasteiger partial charge on any atom is 0.162 e. The molecule has 0 radical (unpaired) electrons. The third kappa shape index (κ3) is 8.28. The van der Waals surface area contributed by atoms with Gasteiger partial charge in [-0.15, -0.1) is 0 Å². The Hall–Kier alpha value is -2.53. The lowest BCUT2D eigenvalue weighted by Crippen LogP contribution is -2.37. The Balaban J connectivity index is 0.000000795. The smallest absolute Gasteiger partial charge is 0.162 e. The van der Waals surface area contributed by atoms with Crippen molar-refractivity contribution < 1.29 is 22.8 Å². The summed E-state index contributed by atoms with van der Waals surface area (Å²) >= 11 is 5.90. The highest BCUT2D eigenvalue weighted by molar-refractivity contribution is 7.83. The minimum absolute atomic E-state index is 0.0364. The Labute approximate surface area is 212 Å². The van der Waals surface area contributed by atoms with Crippen LogP contribution >= 0.6 is 11.6 Å². The summed E-state index contributed by atoms with van der Waals surface area (Å²) in [5.41, 5.74) is 1.32. The molecule has 1 fully saturated rings. The molecule has 1 N–H and O–H groups in total. The van der Waals surface area contributed by atoms with Crippen molar-refractivity contribution in [3.05, 3.63) is 47.5 Å². The van der Waals surface area contributed by atoms with Gasteiger partial charge in [-0.2, -0.15) is 0 Å². The minimum Gasteiger partial charge on any atom is -0.493 e. The molecule has 0 aliphatic carbocycles. The van der Waals surface area contributed by atoms with Crippen molar-refractivity contribution in [2.24, 2.45) is 0 Å². The Bertz CT molecular complexity index is 1140. The SMILES string of the molecule is COc1cc2ncnc(Nc3ccc(F)c(Cl)c3)c2cc1OCCCN1CCOCC1.CS(C)=O. The van der Waals surface area contributed by atoms with Crippen LogP contribution in [-0.4, -0.2) is 78.2 Å². The van der Waals surface area contributed by atoms with Crippen molar-refractivity contribution in [3.8, 4) is 11.5 Å². The molecule has 190 valence electrons. The molecule has 0 atom stereocenters. The molecule has 0 spiro atoms. The van der Waals surface area contributed by atoms with Gasteiger partial charge in [0.25, 0.3) is 0 Å². The predicted octanol–water partition coefficient (Wildman–Crippen LogP) is 4.27. The summed E-state index contributed by atoms with van der Waals surface area (Å²) in [5.74, 6) is 1.31. The van der Waals surface area contributed by atoms with Crippen molar-refractivity contribution >= 4 is 44.8 Å². The molecule has 1 aromatic heterocycles. The van der Waals surface area contributed by atoms with Crippen molar-refractivity contribution in [1.82, 2.24) is 14.9 Å². The van der Waals surface area contributed by atoms with E-state index in [0.717, 1.165) is 44.7 Å². The van der Waals surface area contributed by atoms with Crippen LogP contribution in [0.25, 0.3) is 10.9 Å². The molecular weight excluding hydrogens is 495 g/mol. The first-order valence-corrected chi connectivity index (χ1v) is 13.4. The Morgan fingerprint density at radius 3 is 2.60 bits per heavy atom. The van der Waals surface area contributed by atoms with E-state index >= 15 is 0 Å². The minimum atomic E-state index is -0.611. The lowest BCUT2D eigenvalue weighted by atomic mass is 10.2. The second-order valence-corrected chi connectivity index (χ2v) is 9.78. The number of hydrogen-bond acceptors (Lipinski definition) is 8. The van der Waals surface area contributed by atoms with E-state index in [1.807, 2.05) is 12.1 Å². The topological polar surface area (TPSA) is 85.8 Å². The van der Waals surface area contributed by atoms with E-state index in [0.29, 0.717) is 35.1 Å². The maximum atomic E-state index is 13.5. The second kappa shape index (κ2) is 13.5. The maximum absolute atomic E-state index is 13.5. The molecular formula is C24H30ClFN4O4S. The monoisotopic (exact) mass is 524 g/mol. The molecule has 0 amide bonds. The Kier molecular flexibility index (Phi) is 10.5. The van der Waals surface area contributed by atoms with Crippen molar-refractivity contribution in [2.75, 3.05) is 64.4 Å². The van der Waals surface area contributed by atoms with Gasteiger partial charge < -0.3 is 19.5 Å². The van der Waals surface area contributed by atoms with Crippen molar-refractivity contribution in [1.29, 1.82) is 0 Å². The normalized spacial score (nSPS) is 13.9. The zero-order chi connectivity index (χ0) is 25.2. The number of nitrogens with zero attached hydrogens (tertiary/aromatic N) is 3. The molecule has 0 bridgehead atoms. The first kappa shape index (κ1) is 27.1. The third-order valence-electron chi connectivity index (χ3n) is 5.08. The lowest BCUT2D eigenvalue weighted by molar-refractivity contribution is 0.0357. The van der Waals surface area contributed by atoms with Crippen LogP contribution in [0, 0.1) is 5.82 Å². The zero-order valence-corrected chi connectivity index (χ0v) is 21.6. The predicted molar refractivity (Wildman–Crippen MR) is 138 cm³/mol. The van der Waals surface area contributed by atoms with Crippen molar-refractivity contribution in [3.63, 3.8) is 0 Å². The quantitative estimate of drug-likeness (QED) is 0.437. The number of benzene rings is 2. The van der Waals surface area contributed by atoms with Gasteiger partial charge in [0.2, 0.25) is 0 Å². The zero-order valence-electron chi connectivity index (χ0n) is 20.1. The number of methoxy groups -OCH3 is 1. The van der Waals surface area contributed by atoms with Crippen LogP contribution in [0.15, 0.2) is 36.7 Å². The molecule has 35 heavy (non-hydrogen) atoms. The van der Waals surface area contributed by atoms with E-state index in [9.17, 15) is 8.60 Å². The van der Waals surface area contributed by atoms with E-state index in [4.69, 9.17) is 25.8 Å². The van der Waals surface area contributed by atoms with Gasteiger partial charge in [0.1, 0.15) is 18.0 Å². The Morgan fingerprint density at radius 1 is 1.17 bits per heavy atom. The second-order valence-electron chi connectivity index (χ2n) is 7.89. The van der Waals surface area contributed by atoms with Gasteiger partial charge >= 0.3 is 0 Å². The number of fused-ring (bicyclic) bond motifs is 1. The molecule has 1 aliphatic rings. The molecule has 2 heterocycles. The molecule has 0 saturated carbocycles. The third-order valence-corrected chi connectivity index (χ3v) is 5.37. The fourth-order valence-electron chi connectivity index (χ4n) is 3.44. The number of anilines is 2. The van der Waals surface area contributed by atoms with Crippen LogP contribution in [0.3, 0.4) is 0 Å². The van der Waals surface area contributed by atoms with Gasteiger partial charge in [-0.3, -0.25) is 9.11 Å². The summed E-state index contributed by atoms with van der Waals surface area (Å²) in [6, 6.07) is 8.09. The first-order chi connectivity index (χ1) is 16.9. The number of halogens is 2. The molecule has 2 aromatic carbocycles. The van der Waals surface area contributed by atoms with Gasteiger partial charge in [-0.25, -0.2) is 14.4 Å². The van der Waals surface area contributed by atoms with Crippen molar-refractivity contribution in [2.45, 2.75) is 6.42 Å². The van der Waals surface area contributed by atoms with Crippen LogP contribution in [0.2, 0.25) is 5.02 Å². The summed E-state index contributed by atoms with van der Waals surface area (Å²) < 4.78 is 39.9. The molecule has 3 aromatic rings. The molecule has 11 heteroatoms. The molecule has 0 unspecified atom stereocenters. The van der Waals surface area contributed by atoms with Gasteiger partial charge in [0.15, 0.2) is 11.5 Å². The number of morpholine rings is 1. The van der Waals surface area contributed by atoms with Gasteiger partial charge in [-0.1, -0.05) is 11.6 Å². The van der Waals surface area contributed by atoms with Gasteiger partial charge in [-0.05, 0) is 30.7 Å². The number of hydrogen-bond donors (Lipinski definition) is 1. The highest BCUT2D eigenvalue weighted by Crippen LogP contribution is 2.35. The van der Waals surface area contributed by atoms with E-state index in [-0.39, 0.29) is 5.02 Å². The van der Waals surface area contributed by atoms with Crippen LogP contribution in [0.4, 0.5) is 15.9 Å². The van der Waals surface area contributed by atoms with E-state index in [1.165, 1.54) is 18.5 Å². The first-order valence-electron chi connectivity index (χ1n) is 11.1. The Morgan fingerprint density at radius 2 is 1.91 bits per heavy atom. The van der Waals surface area contributed by atoms with E-state index < -0.39 is 16.6 Å². The fraction of sp³-hybridized carbons (Fsp3) is 0.417. The van der Waals surface area contributed by atoms with Crippen LogP contribution in [-0.2, 0) is 15.5 Å².